The Hall–Kier alpha value is -1.28. The van der Waals surface area contributed by atoms with Crippen molar-refractivity contribution in [3.63, 3.8) is 0 Å². The Balaban J connectivity index is 2.27. The van der Waals surface area contributed by atoms with E-state index in [-0.39, 0.29) is 22.6 Å². The minimum atomic E-state index is -3.43. The van der Waals surface area contributed by atoms with Crippen LogP contribution in [0.3, 0.4) is 0 Å². The van der Waals surface area contributed by atoms with Gasteiger partial charge in [-0.25, -0.2) is 8.42 Å². The van der Waals surface area contributed by atoms with Crippen molar-refractivity contribution in [3.05, 3.63) is 0 Å². The van der Waals surface area contributed by atoms with Gasteiger partial charge in [0.1, 0.15) is 0 Å². The predicted octanol–water partition coefficient (Wildman–Crippen LogP) is -0.566. The Morgan fingerprint density at radius 1 is 1.62 bits per heavy atom. The highest BCUT2D eigenvalue weighted by molar-refractivity contribution is 7.91. The summed E-state index contributed by atoms with van der Waals surface area (Å²) in [5.74, 6) is 0.0321. The Morgan fingerprint density at radius 2 is 2.38 bits per heavy atom. The van der Waals surface area contributed by atoms with Gasteiger partial charge in [-0.1, -0.05) is 5.16 Å². The van der Waals surface area contributed by atoms with Crippen LogP contribution < -0.4 is 16.4 Å². The number of nitrogens with zero attached hydrogens (tertiary/aromatic N) is 1. The number of rotatable bonds is 3. The average Bonchev–Trinajstić information content (AvgIpc) is 2.75. The molecule has 0 bridgehead atoms. The molecule has 1 fully saturated rings. The van der Waals surface area contributed by atoms with Crippen molar-refractivity contribution >= 4 is 21.5 Å². The summed E-state index contributed by atoms with van der Waals surface area (Å²) in [6, 6.07) is 0.157. The van der Waals surface area contributed by atoms with Crippen molar-refractivity contribution in [1.82, 2.24) is 10.5 Å². The zero-order valence-corrected chi connectivity index (χ0v) is 9.67. The van der Waals surface area contributed by atoms with Crippen LogP contribution in [-0.2, 0) is 9.84 Å². The van der Waals surface area contributed by atoms with E-state index in [2.05, 4.69) is 15.8 Å². The molecule has 0 spiro atoms. The molecule has 4 N–H and O–H groups in total. The molecule has 1 saturated heterocycles. The molecule has 0 aliphatic carbocycles. The standard InChI is InChI=1S/C8H14N4O3S/c1-16(13,14)6-7(9)15-12-8(6)11-5-2-3-10-4-5/h5,10H,2-4,9H2,1H3,(H,11,12). The van der Waals surface area contributed by atoms with Crippen LogP contribution in [0.1, 0.15) is 6.42 Å². The first-order valence-electron chi connectivity index (χ1n) is 4.91. The summed E-state index contributed by atoms with van der Waals surface area (Å²) < 4.78 is 27.6. The molecule has 7 nitrogen and oxygen atoms in total. The molecule has 16 heavy (non-hydrogen) atoms. The van der Waals surface area contributed by atoms with Crippen LogP contribution in [0.5, 0.6) is 0 Å². The minimum Gasteiger partial charge on any atom is -0.366 e. The van der Waals surface area contributed by atoms with Crippen molar-refractivity contribution in [2.45, 2.75) is 17.4 Å². The summed E-state index contributed by atoms with van der Waals surface area (Å²) in [6.07, 6.45) is 1.99. The van der Waals surface area contributed by atoms with E-state index < -0.39 is 9.84 Å². The molecular formula is C8H14N4O3S. The fourth-order valence-corrected chi connectivity index (χ4v) is 2.57. The molecule has 1 aliphatic rings. The van der Waals surface area contributed by atoms with Gasteiger partial charge in [0.25, 0.3) is 0 Å². The van der Waals surface area contributed by atoms with E-state index in [0.717, 1.165) is 25.8 Å². The molecule has 1 unspecified atom stereocenters. The van der Waals surface area contributed by atoms with Gasteiger partial charge >= 0.3 is 0 Å². The molecule has 1 aliphatic heterocycles. The van der Waals surface area contributed by atoms with Crippen molar-refractivity contribution in [1.29, 1.82) is 0 Å². The number of nitrogens with two attached hydrogens (primary N) is 1. The summed E-state index contributed by atoms with van der Waals surface area (Å²) in [5, 5.41) is 9.79. The Kier molecular flexibility index (Phi) is 2.76. The number of nitrogen functional groups attached to an aromatic ring is 1. The number of hydrogen-bond donors (Lipinski definition) is 3. The van der Waals surface area contributed by atoms with Crippen LogP contribution in [0.25, 0.3) is 0 Å². The van der Waals surface area contributed by atoms with Crippen LogP contribution in [0.2, 0.25) is 0 Å². The van der Waals surface area contributed by atoms with E-state index in [1.54, 1.807) is 0 Å². The fourth-order valence-electron chi connectivity index (χ4n) is 1.72. The van der Waals surface area contributed by atoms with Gasteiger partial charge in [0.2, 0.25) is 5.88 Å². The van der Waals surface area contributed by atoms with E-state index in [1.165, 1.54) is 0 Å². The highest BCUT2D eigenvalue weighted by Gasteiger charge is 2.25. The van der Waals surface area contributed by atoms with Gasteiger partial charge in [-0.05, 0) is 13.0 Å². The van der Waals surface area contributed by atoms with Crippen LogP contribution in [0.15, 0.2) is 9.42 Å². The molecule has 0 amide bonds. The molecule has 0 aromatic carbocycles. The number of sulfone groups is 1. The fraction of sp³-hybridized carbons (Fsp3) is 0.625. The zero-order valence-electron chi connectivity index (χ0n) is 8.86. The first-order valence-corrected chi connectivity index (χ1v) is 6.80. The SMILES string of the molecule is CS(=O)(=O)c1c(NC2CCNC2)noc1N. The lowest BCUT2D eigenvalue weighted by Gasteiger charge is -2.10. The van der Waals surface area contributed by atoms with Gasteiger partial charge in [-0.3, -0.25) is 0 Å². The third-order valence-electron chi connectivity index (χ3n) is 2.45. The Labute approximate surface area is 93.3 Å². The van der Waals surface area contributed by atoms with Gasteiger partial charge in [-0.15, -0.1) is 0 Å². The summed E-state index contributed by atoms with van der Waals surface area (Å²) >= 11 is 0. The average molecular weight is 246 g/mol. The number of hydrogen-bond acceptors (Lipinski definition) is 7. The van der Waals surface area contributed by atoms with E-state index in [1.807, 2.05) is 0 Å². The van der Waals surface area contributed by atoms with E-state index in [0.29, 0.717) is 0 Å². The summed E-state index contributed by atoms with van der Waals surface area (Å²) in [7, 11) is -3.43. The molecule has 2 rings (SSSR count). The van der Waals surface area contributed by atoms with Gasteiger partial charge in [0.15, 0.2) is 20.6 Å². The Bertz CT molecular complexity index is 475. The van der Waals surface area contributed by atoms with Crippen LogP contribution >= 0.6 is 0 Å². The van der Waals surface area contributed by atoms with Gasteiger partial charge in [0.05, 0.1) is 0 Å². The maximum absolute atomic E-state index is 11.5. The maximum atomic E-state index is 11.5. The first kappa shape index (κ1) is 11.2. The highest BCUT2D eigenvalue weighted by atomic mass is 32.2. The molecule has 0 radical (unpaired) electrons. The first-order chi connectivity index (χ1) is 7.48. The third kappa shape index (κ3) is 2.12. The summed E-state index contributed by atoms with van der Waals surface area (Å²) in [4.78, 5) is -0.0561. The van der Waals surface area contributed by atoms with E-state index >= 15 is 0 Å². The largest absolute Gasteiger partial charge is 0.366 e. The van der Waals surface area contributed by atoms with Crippen molar-refractivity contribution in [3.8, 4) is 0 Å². The van der Waals surface area contributed by atoms with Gasteiger partial charge < -0.3 is 20.9 Å². The van der Waals surface area contributed by atoms with Crippen LogP contribution in [0, 0.1) is 0 Å². The van der Waals surface area contributed by atoms with E-state index in [9.17, 15) is 8.42 Å². The molecule has 1 aromatic rings. The third-order valence-corrected chi connectivity index (χ3v) is 3.58. The Morgan fingerprint density at radius 3 is 2.94 bits per heavy atom. The molecule has 0 saturated carbocycles. The second-order valence-corrected chi connectivity index (χ2v) is 5.78. The molecular weight excluding hydrogens is 232 g/mol. The van der Waals surface area contributed by atoms with Crippen LogP contribution in [0.4, 0.5) is 11.7 Å². The number of nitrogens with one attached hydrogen (secondary N) is 2. The van der Waals surface area contributed by atoms with E-state index in [4.69, 9.17) is 10.3 Å². The lowest BCUT2D eigenvalue weighted by atomic mass is 10.2. The maximum Gasteiger partial charge on any atom is 0.243 e. The zero-order chi connectivity index (χ0) is 11.8. The van der Waals surface area contributed by atoms with Crippen molar-refractivity contribution in [2.75, 3.05) is 30.4 Å². The second-order valence-electron chi connectivity index (χ2n) is 3.83. The number of aromatic nitrogens is 1. The topological polar surface area (TPSA) is 110 Å². The van der Waals surface area contributed by atoms with Crippen LogP contribution in [-0.4, -0.2) is 39.0 Å². The number of anilines is 2. The second kappa shape index (κ2) is 3.95. The van der Waals surface area contributed by atoms with Crippen molar-refractivity contribution < 1.29 is 12.9 Å². The predicted molar refractivity (Wildman–Crippen MR) is 58.9 cm³/mol. The highest BCUT2D eigenvalue weighted by Crippen LogP contribution is 2.27. The molecule has 1 atom stereocenters. The molecule has 1 aromatic heterocycles. The summed E-state index contributed by atoms with van der Waals surface area (Å²) in [5.41, 5.74) is 5.44. The summed E-state index contributed by atoms with van der Waals surface area (Å²) in [6.45, 7) is 1.68. The lowest BCUT2D eigenvalue weighted by Crippen LogP contribution is -2.23. The van der Waals surface area contributed by atoms with Gasteiger partial charge in [-0.2, -0.15) is 0 Å². The molecule has 2 heterocycles. The minimum absolute atomic E-state index is 0.0561. The molecule has 90 valence electrons. The normalized spacial score (nSPS) is 21.2. The monoisotopic (exact) mass is 246 g/mol. The van der Waals surface area contributed by atoms with Gasteiger partial charge in [0, 0.05) is 18.8 Å². The van der Waals surface area contributed by atoms with Crippen molar-refractivity contribution in [2.24, 2.45) is 0 Å². The quantitative estimate of drug-likeness (QED) is 0.655. The molecule has 8 heteroatoms. The lowest BCUT2D eigenvalue weighted by molar-refractivity contribution is 0.437. The smallest absolute Gasteiger partial charge is 0.243 e.